The molecule has 0 aliphatic carbocycles. The third-order valence-electron chi connectivity index (χ3n) is 3.27. The van der Waals surface area contributed by atoms with Crippen LogP contribution in [0.1, 0.15) is 12.0 Å². The van der Waals surface area contributed by atoms with Crippen molar-refractivity contribution in [3.05, 3.63) is 28.8 Å². The van der Waals surface area contributed by atoms with E-state index in [2.05, 4.69) is 11.4 Å². The Bertz CT molecular complexity index is 375. The molecule has 1 fully saturated rings. The maximum absolute atomic E-state index is 5.95. The quantitative estimate of drug-likeness (QED) is 0.760. The van der Waals surface area contributed by atoms with Gasteiger partial charge < -0.3 is 10.1 Å². The van der Waals surface area contributed by atoms with Gasteiger partial charge in [0.2, 0.25) is 0 Å². The molecule has 0 amide bonds. The molecule has 2 nitrogen and oxygen atoms in total. The molecule has 2 aliphatic rings. The normalized spacial score (nSPS) is 27.3. The molecule has 2 heterocycles. The van der Waals surface area contributed by atoms with Crippen LogP contribution in [0.2, 0.25) is 5.02 Å². The van der Waals surface area contributed by atoms with E-state index in [-0.39, 0.29) is 17.8 Å². The number of fused-ring (bicyclic) bond motifs is 2. The lowest BCUT2D eigenvalue weighted by atomic mass is 9.82. The third-order valence-corrected chi connectivity index (χ3v) is 3.51. The molecule has 0 bridgehead atoms. The molecule has 1 spiro atoms. The lowest BCUT2D eigenvalue weighted by Crippen LogP contribution is -2.28. The van der Waals surface area contributed by atoms with Gasteiger partial charge in [-0.25, -0.2) is 0 Å². The number of rotatable bonds is 0. The minimum Gasteiger partial charge on any atom is -0.384 e. The second kappa shape index (κ2) is 3.85. The summed E-state index contributed by atoms with van der Waals surface area (Å²) in [6.07, 6.45) is 1.12. The molecule has 1 N–H and O–H groups in total. The summed E-state index contributed by atoms with van der Waals surface area (Å²) >= 11 is 5.95. The molecule has 0 aromatic heterocycles. The van der Waals surface area contributed by atoms with Gasteiger partial charge in [0.05, 0.1) is 6.61 Å². The lowest BCUT2D eigenvalue weighted by molar-refractivity contribution is 0.181. The van der Waals surface area contributed by atoms with Crippen molar-refractivity contribution >= 4 is 29.7 Å². The van der Waals surface area contributed by atoms with E-state index in [0.717, 1.165) is 31.2 Å². The highest BCUT2D eigenvalue weighted by Gasteiger charge is 2.42. The van der Waals surface area contributed by atoms with Crippen molar-refractivity contribution < 1.29 is 4.74 Å². The van der Waals surface area contributed by atoms with Crippen molar-refractivity contribution in [2.24, 2.45) is 0 Å². The Morgan fingerprint density at radius 2 is 2.27 bits per heavy atom. The highest BCUT2D eigenvalue weighted by molar-refractivity contribution is 6.30. The van der Waals surface area contributed by atoms with Gasteiger partial charge in [0, 0.05) is 29.3 Å². The Morgan fingerprint density at radius 1 is 1.40 bits per heavy atom. The first-order valence-electron chi connectivity index (χ1n) is 4.92. The van der Waals surface area contributed by atoms with Crippen molar-refractivity contribution in [1.82, 2.24) is 0 Å². The molecule has 1 aromatic rings. The van der Waals surface area contributed by atoms with E-state index in [1.807, 2.05) is 12.1 Å². The Balaban J connectivity index is 0.000000853. The van der Waals surface area contributed by atoms with Gasteiger partial charge in [-0.05, 0) is 24.1 Å². The fourth-order valence-corrected chi connectivity index (χ4v) is 2.62. The number of halogens is 2. The fourth-order valence-electron chi connectivity index (χ4n) is 2.44. The second-order valence-electron chi connectivity index (χ2n) is 4.13. The van der Waals surface area contributed by atoms with Crippen LogP contribution in [0.15, 0.2) is 18.2 Å². The number of nitrogens with one attached hydrogen (secondary N) is 1. The Kier molecular flexibility index (Phi) is 2.84. The van der Waals surface area contributed by atoms with Crippen molar-refractivity contribution in [3.63, 3.8) is 0 Å². The molecule has 1 atom stereocenters. The fraction of sp³-hybridized carbons (Fsp3) is 0.455. The first-order chi connectivity index (χ1) is 6.80. The molecule has 0 saturated carbocycles. The van der Waals surface area contributed by atoms with E-state index in [9.17, 15) is 0 Å². The minimum atomic E-state index is 0. The van der Waals surface area contributed by atoms with Crippen molar-refractivity contribution in [2.45, 2.75) is 11.8 Å². The van der Waals surface area contributed by atoms with Crippen LogP contribution >= 0.6 is 24.0 Å². The van der Waals surface area contributed by atoms with E-state index in [0.29, 0.717) is 0 Å². The molecule has 4 heteroatoms. The Labute approximate surface area is 100 Å². The van der Waals surface area contributed by atoms with E-state index in [1.165, 1.54) is 11.3 Å². The monoisotopic (exact) mass is 245 g/mol. The maximum atomic E-state index is 5.95. The van der Waals surface area contributed by atoms with Crippen molar-refractivity contribution in [1.29, 1.82) is 0 Å². The van der Waals surface area contributed by atoms with Gasteiger partial charge >= 0.3 is 0 Å². The third kappa shape index (κ3) is 1.61. The molecular formula is C11H13Cl2NO. The predicted molar refractivity (Wildman–Crippen MR) is 64.3 cm³/mol. The maximum Gasteiger partial charge on any atom is 0.0581 e. The lowest BCUT2D eigenvalue weighted by Gasteiger charge is -2.20. The van der Waals surface area contributed by atoms with Crippen LogP contribution in [-0.2, 0) is 10.2 Å². The standard InChI is InChI=1S/C11H12ClNO.ClH/c12-8-1-2-9-10(5-8)13-6-11(9)3-4-14-7-11;/h1-2,5,13H,3-4,6-7H2;1H. The van der Waals surface area contributed by atoms with Crippen LogP contribution < -0.4 is 5.32 Å². The number of hydrogen-bond acceptors (Lipinski definition) is 2. The Hall–Kier alpha value is -0.440. The van der Waals surface area contributed by atoms with E-state index < -0.39 is 0 Å². The second-order valence-corrected chi connectivity index (χ2v) is 4.56. The van der Waals surface area contributed by atoms with Crippen molar-refractivity contribution in [2.75, 3.05) is 25.1 Å². The van der Waals surface area contributed by atoms with Crippen LogP contribution in [0.25, 0.3) is 0 Å². The summed E-state index contributed by atoms with van der Waals surface area (Å²) in [7, 11) is 0. The summed E-state index contributed by atoms with van der Waals surface area (Å²) in [5.41, 5.74) is 2.78. The smallest absolute Gasteiger partial charge is 0.0581 e. The topological polar surface area (TPSA) is 21.3 Å². The summed E-state index contributed by atoms with van der Waals surface area (Å²) < 4.78 is 5.50. The number of benzene rings is 1. The predicted octanol–water partition coefficient (Wildman–Crippen LogP) is 2.85. The van der Waals surface area contributed by atoms with E-state index >= 15 is 0 Å². The SMILES string of the molecule is Cl.Clc1ccc2c(c1)NCC21CCOC1. The number of hydrogen-bond donors (Lipinski definition) is 1. The molecule has 15 heavy (non-hydrogen) atoms. The summed E-state index contributed by atoms with van der Waals surface area (Å²) in [4.78, 5) is 0. The van der Waals surface area contributed by atoms with Crippen LogP contribution in [0, 0.1) is 0 Å². The first kappa shape index (κ1) is 11.1. The first-order valence-corrected chi connectivity index (χ1v) is 5.30. The number of ether oxygens (including phenoxy) is 1. The van der Waals surface area contributed by atoms with Gasteiger partial charge in [-0.15, -0.1) is 12.4 Å². The summed E-state index contributed by atoms with van der Waals surface area (Å²) in [6.45, 7) is 2.71. The van der Waals surface area contributed by atoms with Crippen LogP contribution in [-0.4, -0.2) is 19.8 Å². The highest BCUT2D eigenvalue weighted by atomic mass is 35.5. The average molecular weight is 246 g/mol. The van der Waals surface area contributed by atoms with Crippen molar-refractivity contribution in [3.8, 4) is 0 Å². The van der Waals surface area contributed by atoms with Crippen LogP contribution in [0.3, 0.4) is 0 Å². The molecular weight excluding hydrogens is 233 g/mol. The van der Waals surface area contributed by atoms with Gasteiger partial charge in [-0.3, -0.25) is 0 Å². The van der Waals surface area contributed by atoms with E-state index in [4.69, 9.17) is 16.3 Å². The molecule has 1 saturated heterocycles. The van der Waals surface area contributed by atoms with Gasteiger partial charge in [-0.1, -0.05) is 17.7 Å². The largest absolute Gasteiger partial charge is 0.384 e. The van der Waals surface area contributed by atoms with Gasteiger partial charge in [-0.2, -0.15) is 0 Å². The zero-order valence-corrected chi connectivity index (χ0v) is 9.83. The zero-order valence-electron chi connectivity index (χ0n) is 8.25. The Morgan fingerprint density at radius 3 is 3.00 bits per heavy atom. The van der Waals surface area contributed by atoms with E-state index in [1.54, 1.807) is 0 Å². The highest BCUT2D eigenvalue weighted by Crippen LogP contribution is 2.43. The minimum absolute atomic E-state index is 0. The van der Waals surface area contributed by atoms with Gasteiger partial charge in [0.25, 0.3) is 0 Å². The van der Waals surface area contributed by atoms with Crippen LogP contribution in [0.4, 0.5) is 5.69 Å². The van der Waals surface area contributed by atoms with Crippen LogP contribution in [0.5, 0.6) is 0 Å². The van der Waals surface area contributed by atoms with Gasteiger partial charge in [0.15, 0.2) is 0 Å². The summed E-state index contributed by atoms with van der Waals surface area (Å²) in [5, 5.41) is 4.21. The molecule has 1 aromatic carbocycles. The zero-order chi connectivity index (χ0) is 9.60. The van der Waals surface area contributed by atoms with Gasteiger partial charge in [0.1, 0.15) is 0 Å². The molecule has 82 valence electrons. The summed E-state index contributed by atoms with van der Waals surface area (Å²) in [6, 6.07) is 6.10. The summed E-state index contributed by atoms with van der Waals surface area (Å²) in [5.74, 6) is 0. The average Bonchev–Trinajstić information content (AvgIpc) is 2.77. The molecule has 0 radical (unpaired) electrons. The number of anilines is 1. The molecule has 2 aliphatic heterocycles. The molecule has 3 rings (SSSR count). The molecule has 1 unspecified atom stereocenters.